The van der Waals surface area contributed by atoms with Crippen LogP contribution in [0, 0.1) is 6.92 Å². The number of benzene rings is 1. The number of rotatable bonds is 4. The summed E-state index contributed by atoms with van der Waals surface area (Å²) in [6.45, 7) is 2.08. The van der Waals surface area contributed by atoms with Gasteiger partial charge in [0.2, 0.25) is 0 Å². The second-order valence-electron chi connectivity index (χ2n) is 5.25. The maximum Gasteiger partial charge on any atom is 0.368 e. The third-order valence-electron chi connectivity index (χ3n) is 3.64. The SMILES string of the molecule is CO[C@H]1OC[C@@H]2SC(=O)O[C@@H]2[C@H]1OS(=O)(=O)c1ccc(C)cc1. The maximum absolute atomic E-state index is 12.5. The van der Waals surface area contributed by atoms with Crippen LogP contribution in [0.15, 0.2) is 29.2 Å². The first-order chi connectivity index (χ1) is 10.9. The van der Waals surface area contributed by atoms with Gasteiger partial charge in [0.05, 0.1) is 16.8 Å². The molecule has 4 atom stereocenters. The lowest BCUT2D eigenvalue weighted by Crippen LogP contribution is -2.53. The fourth-order valence-corrected chi connectivity index (χ4v) is 4.44. The van der Waals surface area contributed by atoms with Crippen LogP contribution in [-0.2, 0) is 28.5 Å². The van der Waals surface area contributed by atoms with Crippen molar-refractivity contribution >= 4 is 27.2 Å². The van der Waals surface area contributed by atoms with E-state index in [4.69, 9.17) is 18.4 Å². The van der Waals surface area contributed by atoms with E-state index in [1.807, 2.05) is 6.92 Å². The van der Waals surface area contributed by atoms with Gasteiger partial charge in [-0.3, -0.25) is 4.18 Å². The van der Waals surface area contributed by atoms with Crippen molar-refractivity contribution in [3.05, 3.63) is 29.8 Å². The molecule has 7 nitrogen and oxygen atoms in total. The molecular weight excluding hydrogens is 344 g/mol. The van der Waals surface area contributed by atoms with Crippen molar-refractivity contribution < 1.29 is 31.6 Å². The molecule has 2 saturated heterocycles. The molecule has 9 heteroatoms. The van der Waals surface area contributed by atoms with Crippen LogP contribution in [0.4, 0.5) is 4.79 Å². The number of thioether (sulfide) groups is 1. The Morgan fingerprint density at radius 1 is 1.26 bits per heavy atom. The van der Waals surface area contributed by atoms with Crippen LogP contribution in [-0.4, -0.2) is 51.2 Å². The maximum atomic E-state index is 12.5. The Kier molecular flexibility index (Phi) is 4.65. The standard InChI is InChI=1S/C14H16O7S2/c1-8-3-5-9(6-4-8)23(16,17)21-12-11-10(22-14(15)20-11)7-19-13(12)18-2/h3-6,10-13H,7H2,1-2H3/t10-,11-,12+,13-/m0/s1. The van der Waals surface area contributed by atoms with E-state index in [-0.39, 0.29) is 16.8 Å². The predicted molar refractivity (Wildman–Crippen MR) is 81.6 cm³/mol. The molecule has 1 aromatic rings. The molecule has 1 aromatic carbocycles. The molecule has 0 aromatic heterocycles. The summed E-state index contributed by atoms with van der Waals surface area (Å²) in [6, 6.07) is 6.28. The summed E-state index contributed by atoms with van der Waals surface area (Å²) in [5.74, 6) is 0. The van der Waals surface area contributed by atoms with Gasteiger partial charge in [-0.15, -0.1) is 0 Å². The third-order valence-corrected chi connectivity index (χ3v) is 5.96. The molecule has 0 spiro atoms. The Morgan fingerprint density at radius 2 is 1.96 bits per heavy atom. The summed E-state index contributed by atoms with van der Waals surface area (Å²) in [6.07, 6.45) is -2.71. The van der Waals surface area contributed by atoms with Crippen LogP contribution in [0.1, 0.15) is 5.56 Å². The Hall–Kier alpha value is -1.13. The molecule has 0 bridgehead atoms. The second-order valence-corrected chi connectivity index (χ2v) is 8.00. The van der Waals surface area contributed by atoms with E-state index in [1.165, 1.54) is 19.2 Å². The number of ether oxygens (including phenoxy) is 3. The van der Waals surface area contributed by atoms with E-state index in [0.29, 0.717) is 0 Å². The molecule has 2 aliphatic heterocycles. The number of methoxy groups -OCH3 is 1. The highest BCUT2D eigenvalue weighted by molar-refractivity contribution is 8.14. The van der Waals surface area contributed by atoms with Crippen molar-refractivity contribution in [2.75, 3.05) is 13.7 Å². The van der Waals surface area contributed by atoms with Crippen LogP contribution in [0.3, 0.4) is 0 Å². The van der Waals surface area contributed by atoms with E-state index in [0.717, 1.165) is 17.3 Å². The van der Waals surface area contributed by atoms with Gasteiger partial charge < -0.3 is 14.2 Å². The van der Waals surface area contributed by atoms with Gasteiger partial charge in [0.1, 0.15) is 6.10 Å². The lowest BCUT2D eigenvalue weighted by Gasteiger charge is -2.35. The first-order valence-corrected chi connectivity index (χ1v) is 9.21. The fourth-order valence-electron chi connectivity index (χ4n) is 2.46. The van der Waals surface area contributed by atoms with Gasteiger partial charge in [0.15, 0.2) is 12.4 Å². The summed E-state index contributed by atoms with van der Waals surface area (Å²) >= 11 is 0.973. The molecule has 0 unspecified atom stereocenters. The summed E-state index contributed by atoms with van der Waals surface area (Å²) in [7, 11) is -2.66. The Bertz CT molecular complexity index is 686. The zero-order valence-electron chi connectivity index (χ0n) is 12.5. The number of carbonyl (C=O) groups excluding carboxylic acids is 1. The number of fused-ring (bicyclic) bond motifs is 1. The lowest BCUT2D eigenvalue weighted by molar-refractivity contribution is -0.217. The topological polar surface area (TPSA) is 88.1 Å². The van der Waals surface area contributed by atoms with Crippen LogP contribution in [0.5, 0.6) is 0 Å². The highest BCUT2D eigenvalue weighted by Crippen LogP contribution is 2.37. The molecule has 23 heavy (non-hydrogen) atoms. The van der Waals surface area contributed by atoms with Crippen LogP contribution in [0.25, 0.3) is 0 Å². The van der Waals surface area contributed by atoms with Crippen molar-refractivity contribution in [2.45, 2.75) is 35.6 Å². The minimum atomic E-state index is -4.04. The zero-order chi connectivity index (χ0) is 16.6. The lowest BCUT2D eigenvalue weighted by atomic mass is 10.1. The average molecular weight is 360 g/mol. The molecule has 3 rings (SSSR count). The molecule has 126 valence electrons. The largest absolute Gasteiger partial charge is 0.450 e. The molecule has 0 aliphatic carbocycles. The Balaban J connectivity index is 1.85. The monoisotopic (exact) mass is 360 g/mol. The quantitative estimate of drug-likeness (QED) is 0.592. The normalized spacial score (nSPS) is 30.8. The molecule has 2 aliphatic rings. The summed E-state index contributed by atoms with van der Waals surface area (Å²) in [4.78, 5) is 11.5. The number of aryl methyl sites for hydroxylation is 1. The minimum Gasteiger partial charge on any atom is -0.450 e. The minimum absolute atomic E-state index is 0.0250. The van der Waals surface area contributed by atoms with E-state index < -0.39 is 33.9 Å². The van der Waals surface area contributed by atoms with Gasteiger partial charge in [0.25, 0.3) is 10.1 Å². The van der Waals surface area contributed by atoms with Gasteiger partial charge in [0, 0.05) is 7.11 Å². The molecular formula is C14H16O7S2. The second kappa shape index (κ2) is 6.40. The Labute approximate surface area is 138 Å². The van der Waals surface area contributed by atoms with Crippen molar-refractivity contribution in [2.24, 2.45) is 0 Å². The molecule has 2 fully saturated rings. The van der Waals surface area contributed by atoms with Gasteiger partial charge >= 0.3 is 5.30 Å². The van der Waals surface area contributed by atoms with Crippen molar-refractivity contribution in [1.29, 1.82) is 0 Å². The molecule has 0 N–H and O–H groups in total. The third kappa shape index (κ3) is 3.38. The van der Waals surface area contributed by atoms with E-state index in [1.54, 1.807) is 12.1 Å². The predicted octanol–water partition coefficient (Wildman–Crippen LogP) is 1.69. The highest BCUT2D eigenvalue weighted by atomic mass is 32.2. The highest BCUT2D eigenvalue weighted by Gasteiger charge is 2.51. The Morgan fingerprint density at radius 3 is 2.61 bits per heavy atom. The van der Waals surface area contributed by atoms with E-state index in [9.17, 15) is 13.2 Å². The summed E-state index contributed by atoms with van der Waals surface area (Å²) < 4.78 is 46.0. The fraction of sp³-hybridized carbons (Fsp3) is 0.500. The number of carbonyl (C=O) groups is 1. The van der Waals surface area contributed by atoms with Crippen LogP contribution < -0.4 is 0 Å². The van der Waals surface area contributed by atoms with Gasteiger partial charge in [-0.05, 0) is 30.8 Å². The first kappa shape index (κ1) is 16.7. The molecule has 2 heterocycles. The molecule has 0 amide bonds. The molecule has 0 saturated carbocycles. The molecule has 0 radical (unpaired) electrons. The van der Waals surface area contributed by atoms with Crippen molar-refractivity contribution in [3.8, 4) is 0 Å². The van der Waals surface area contributed by atoms with Crippen molar-refractivity contribution in [3.63, 3.8) is 0 Å². The van der Waals surface area contributed by atoms with Gasteiger partial charge in [-0.25, -0.2) is 4.79 Å². The smallest absolute Gasteiger partial charge is 0.368 e. The van der Waals surface area contributed by atoms with Crippen molar-refractivity contribution in [1.82, 2.24) is 0 Å². The van der Waals surface area contributed by atoms with Crippen LogP contribution >= 0.6 is 11.8 Å². The zero-order valence-corrected chi connectivity index (χ0v) is 14.1. The van der Waals surface area contributed by atoms with E-state index in [2.05, 4.69) is 0 Å². The number of hydrogen-bond acceptors (Lipinski definition) is 8. The summed E-state index contributed by atoms with van der Waals surface area (Å²) in [5, 5.41) is -0.784. The number of hydrogen-bond donors (Lipinski definition) is 0. The summed E-state index contributed by atoms with van der Waals surface area (Å²) in [5.41, 5.74) is 0.931. The van der Waals surface area contributed by atoms with Gasteiger partial charge in [-0.1, -0.05) is 17.7 Å². The average Bonchev–Trinajstić information content (AvgIpc) is 2.89. The van der Waals surface area contributed by atoms with E-state index >= 15 is 0 Å². The first-order valence-electron chi connectivity index (χ1n) is 6.92. The van der Waals surface area contributed by atoms with Crippen LogP contribution in [0.2, 0.25) is 0 Å². The van der Waals surface area contributed by atoms with Gasteiger partial charge in [-0.2, -0.15) is 8.42 Å².